The number of amides is 1. The van der Waals surface area contributed by atoms with Crippen molar-refractivity contribution in [3.63, 3.8) is 0 Å². The number of hydrogen-bond acceptors (Lipinski definition) is 4. The molecule has 0 unspecified atom stereocenters. The Kier molecular flexibility index (Phi) is 3.73. The molecule has 0 aromatic carbocycles. The lowest BCUT2D eigenvalue weighted by atomic mass is 9.86. The van der Waals surface area contributed by atoms with Crippen LogP contribution in [0.4, 0.5) is 0 Å². The van der Waals surface area contributed by atoms with Crippen molar-refractivity contribution in [2.45, 2.75) is 31.7 Å². The van der Waals surface area contributed by atoms with Crippen LogP contribution < -0.4 is 5.32 Å². The number of hydrogen-bond donors (Lipinski definition) is 2. The fourth-order valence-corrected chi connectivity index (χ4v) is 2.59. The van der Waals surface area contributed by atoms with E-state index < -0.39 is 5.97 Å². The highest BCUT2D eigenvalue weighted by Crippen LogP contribution is 2.24. The summed E-state index contributed by atoms with van der Waals surface area (Å²) in [5.41, 5.74) is 1.62. The van der Waals surface area contributed by atoms with Gasteiger partial charge < -0.3 is 10.4 Å². The summed E-state index contributed by atoms with van der Waals surface area (Å²) < 4.78 is 0. The van der Waals surface area contributed by atoms with Gasteiger partial charge in [-0.25, -0.2) is 0 Å². The summed E-state index contributed by atoms with van der Waals surface area (Å²) >= 11 is 1.31. The van der Waals surface area contributed by atoms with Crippen molar-refractivity contribution in [3.05, 3.63) is 16.6 Å². The van der Waals surface area contributed by atoms with Gasteiger partial charge in [0.05, 0.1) is 17.6 Å². The lowest BCUT2D eigenvalue weighted by Gasteiger charge is -2.26. The molecule has 0 saturated heterocycles. The minimum Gasteiger partial charge on any atom is -0.481 e. The summed E-state index contributed by atoms with van der Waals surface area (Å²) in [4.78, 5) is 27.0. The molecule has 1 heterocycles. The van der Waals surface area contributed by atoms with Crippen molar-refractivity contribution < 1.29 is 14.7 Å². The zero-order chi connectivity index (χ0) is 12.3. The van der Waals surface area contributed by atoms with E-state index in [2.05, 4.69) is 10.3 Å². The third-order valence-corrected chi connectivity index (χ3v) is 3.84. The summed E-state index contributed by atoms with van der Waals surface area (Å²) in [6, 6.07) is 0.0974. The molecule has 0 aliphatic heterocycles. The van der Waals surface area contributed by atoms with E-state index in [9.17, 15) is 9.59 Å². The average molecular weight is 254 g/mol. The molecule has 0 atom stereocenters. The molecular formula is C11H14N2O3S. The van der Waals surface area contributed by atoms with Crippen molar-refractivity contribution >= 4 is 23.2 Å². The van der Waals surface area contributed by atoms with Crippen LogP contribution in [0.15, 0.2) is 11.7 Å². The Morgan fingerprint density at radius 2 is 2.06 bits per heavy atom. The van der Waals surface area contributed by atoms with Crippen molar-refractivity contribution in [1.29, 1.82) is 0 Å². The lowest BCUT2D eigenvalue weighted by molar-refractivity contribution is -0.142. The molecule has 92 valence electrons. The summed E-state index contributed by atoms with van der Waals surface area (Å²) in [7, 11) is 0. The van der Waals surface area contributed by atoms with Crippen molar-refractivity contribution in [3.8, 4) is 0 Å². The number of aliphatic carboxylic acids is 1. The molecule has 1 aromatic heterocycles. The van der Waals surface area contributed by atoms with Crippen LogP contribution in [-0.2, 0) is 4.79 Å². The minimum absolute atomic E-state index is 0.0974. The molecule has 1 aromatic rings. The molecule has 1 saturated carbocycles. The van der Waals surface area contributed by atoms with Gasteiger partial charge in [0.1, 0.15) is 4.88 Å². The molecule has 0 bridgehead atoms. The van der Waals surface area contributed by atoms with Crippen LogP contribution in [-0.4, -0.2) is 28.0 Å². The van der Waals surface area contributed by atoms with Crippen LogP contribution in [0.1, 0.15) is 35.4 Å². The van der Waals surface area contributed by atoms with Gasteiger partial charge in [0.25, 0.3) is 5.91 Å². The number of carboxylic acids is 1. The second-order valence-corrected chi connectivity index (χ2v) is 5.11. The first-order valence-corrected chi connectivity index (χ1v) is 6.47. The van der Waals surface area contributed by atoms with Gasteiger partial charge in [-0.05, 0) is 25.7 Å². The molecule has 0 radical (unpaired) electrons. The zero-order valence-electron chi connectivity index (χ0n) is 9.26. The second kappa shape index (κ2) is 5.27. The molecule has 6 heteroatoms. The maximum absolute atomic E-state index is 11.7. The molecular weight excluding hydrogens is 240 g/mol. The number of nitrogens with one attached hydrogen (secondary N) is 1. The maximum Gasteiger partial charge on any atom is 0.306 e. The van der Waals surface area contributed by atoms with Gasteiger partial charge in [0.15, 0.2) is 0 Å². The summed E-state index contributed by atoms with van der Waals surface area (Å²) in [5.74, 6) is -1.07. The second-order valence-electron chi connectivity index (χ2n) is 4.23. The standard InChI is InChI=1S/C11H14N2O3S/c14-10(9-5-12-6-17-9)13-8-3-1-7(2-4-8)11(15)16/h5-8H,1-4H2,(H,13,14)(H,15,16). The van der Waals surface area contributed by atoms with E-state index in [-0.39, 0.29) is 17.9 Å². The Morgan fingerprint density at radius 1 is 1.35 bits per heavy atom. The summed E-state index contributed by atoms with van der Waals surface area (Å²) in [6.07, 6.45) is 4.30. The molecule has 1 amide bonds. The van der Waals surface area contributed by atoms with Crippen LogP contribution in [0, 0.1) is 5.92 Å². The van der Waals surface area contributed by atoms with E-state index in [4.69, 9.17) is 5.11 Å². The monoisotopic (exact) mass is 254 g/mol. The molecule has 1 fully saturated rings. The van der Waals surface area contributed by atoms with Crippen LogP contribution >= 0.6 is 11.3 Å². The van der Waals surface area contributed by atoms with Crippen LogP contribution in [0.25, 0.3) is 0 Å². The van der Waals surface area contributed by atoms with Gasteiger partial charge in [0.2, 0.25) is 0 Å². The maximum atomic E-state index is 11.7. The van der Waals surface area contributed by atoms with Gasteiger partial charge in [-0.3, -0.25) is 14.6 Å². The fraction of sp³-hybridized carbons (Fsp3) is 0.545. The SMILES string of the molecule is O=C(NC1CCC(C(=O)O)CC1)c1cncs1. The lowest BCUT2D eigenvalue weighted by Crippen LogP contribution is -2.38. The highest BCUT2D eigenvalue weighted by Gasteiger charge is 2.26. The van der Waals surface area contributed by atoms with E-state index in [1.54, 1.807) is 11.7 Å². The average Bonchev–Trinajstić information content (AvgIpc) is 2.83. The van der Waals surface area contributed by atoms with E-state index in [1.807, 2.05) is 0 Å². The Morgan fingerprint density at radius 3 is 2.59 bits per heavy atom. The quantitative estimate of drug-likeness (QED) is 0.857. The molecule has 2 rings (SSSR count). The van der Waals surface area contributed by atoms with Crippen molar-refractivity contribution in [1.82, 2.24) is 10.3 Å². The molecule has 0 spiro atoms. The Bertz CT molecular complexity index is 397. The first kappa shape index (κ1) is 12.0. The van der Waals surface area contributed by atoms with E-state index >= 15 is 0 Å². The van der Waals surface area contributed by atoms with Gasteiger partial charge >= 0.3 is 5.97 Å². The van der Waals surface area contributed by atoms with Crippen LogP contribution in [0.2, 0.25) is 0 Å². The van der Waals surface area contributed by atoms with Crippen molar-refractivity contribution in [2.24, 2.45) is 5.92 Å². The molecule has 2 N–H and O–H groups in total. The van der Waals surface area contributed by atoms with Gasteiger partial charge in [-0.1, -0.05) is 0 Å². The normalized spacial score (nSPS) is 24.2. The number of carbonyl (C=O) groups excluding carboxylic acids is 1. The molecule has 5 nitrogen and oxygen atoms in total. The van der Waals surface area contributed by atoms with Crippen LogP contribution in [0.5, 0.6) is 0 Å². The summed E-state index contributed by atoms with van der Waals surface area (Å²) in [5, 5.41) is 11.8. The number of carboxylic acid groups (broad SMARTS) is 1. The topological polar surface area (TPSA) is 79.3 Å². The Hall–Kier alpha value is -1.43. The Labute approximate surface area is 103 Å². The summed E-state index contributed by atoms with van der Waals surface area (Å²) in [6.45, 7) is 0. The smallest absolute Gasteiger partial charge is 0.306 e. The number of thiazole rings is 1. The first-order valence-electron chi connectivity index (χ1n) is 5.59. The number of aromatic nitrogens is 1. The molecule has 1 aliphatic rings. The van der Waals surface area contributed by atoms with Crippen molar-refractivity contribution in [2.75, 3.05) is 0 Å². The number of rotatable bonds is 3. The highest BCUT2D eigenvalue weighted by atomic mass is 32.1. The third kappa shape index (κ3) is 3.03. The van der Waals surface area contributed by atoms with Gasteiger partial charge in [-0.15, -0.1) is 11.3 Å². The largest absolute Gasteiger partial charge is 0.481 e. The van der Waals surface area contributed by atoms with E-state index in [0.29, 0.717) is 17.7 Å². The predicted molar refractivity (Wildman–Crippen MR) is 63.0 cm³/mol. The first-order chi connectivity index (χ1) is 8.16. The highest BCUT2D eigenvalue weighted by molar-refractivity contribution is 7.11. The number of nitrogens with zero attached hydrogens (tertiary/aromatic N) is 1. The zero-order valence-corrected chi connectivity index (χ0v) is 10.1. The Balaban J connectivity index is 1.82. The fourth-order valence-electron chi connectivity index (χ4n) is 2.07. The minimum atomic E-state index is -0.725. The predicted octanol–water partition coefficient (Wildman–Crippen LogP) is 1.52. The van der Waals surface area contributed by atoms with E-state index in [0.717, 1.165) is 12.8 Å². The molecule has 1 aliphatic carbocycles. The molecule has 17 heavy (non-hydrogen) atoms. The van der Waals surface area contributed by atoms with Crippen LogP contribution in [0.3, 0.4) is 0 Å². The van der Waals surface area contributed by atoms with E-state index in [1.165, 1.54) is 11.3 Å². The van der Waals surface area contributed by atoms with Gasteiger partial charge in [0, 0.05) is 6.04 Å². The number of carbonyl (C=O) groups is 2. The third-order valence-electron chi connectivity index (χ3n) is 3.07. The van der Waals surface area contributed by atoms with Gasteiger partial charge in [-0.2, -0.15) is 0 Å².